The second-order valence-electron chi connectivity index (χ2n) is 6.42. The van der Waals surface area contributed by atoms with Gasteiger partial charge in [0, 0.05) is 30.3 Å². The molecule has 1 saturated heterocycles. The Bertz CT molecular complexity index is 593. The third-order valence-corrected chi connectivity index (χ3v) is 4.87. The number of para-hydroxylation sites is 1. The topological polar surface area (TPSA) is 86.9 Å². The van der Waals surface area contributed by atoms with E-state index in [9.17, 15) is 14.9 Å². The molecule has 0 radical (unpaired) electrons. The molecule has 2 rings (SSSR count). The summed E-state index contributed by atoms with van der Waals surface area (Å²) in [6, 6.07) is 7.10. The molecule has 24 heavy (non-hydrogen) atoms. The highest BCUT2D eigenvalue weighted by atomic mass is 16.6. The van der Waals surface area contributed by atoms with E-state index in [0.29, 0.717) is 0 Å². The molecule has 0 aliphatic carbocycles. The first-order valence-electron chi connectivity index (χ1n) is 8.29. The third-order valence-electron chi connectivity index (χ3n) is 4.87. The highest BCUT2D eigenvalue weighted by Gasteiger charge is 2.27. The number of rotatable bonds is 6. The molecule has 7 nitrogen and oxygen atoms in total. The molecule has 7 heteroatoms. The lowest BCUT2D eigenvalue weighted by Gasteiger charge is -2.29. The zero-order valence-electron chi connectivity index (χ0n) is 14.2. The number of hydrogen-bond donors (Lipinski definition) is 1. The van der Waals surface area contributed by atoms with Crippen LogP contribution in [0.3, 0.4) is 0 Å². The number of nitrogens with zero attached hydrogens (tertiary/aromatic N) is 3. The Kier molecular flexibility index (Phi) is 6.28. The lowest BCUT2D eigenvalue weighted by molar-refractivity contribution is -0.386. The Hall–Kier alpha value is -1.99. The summed E-state index contributed by atoms with van der Waals surface area (Å²) >= 11 is 0. The molecular formula is C17H25N3O4. The number of likely N-dealkylation sites (N-methyl/N-ethyl adjacent to an activating group) is 1. The maximum Gasteiger partial charge on any atom is 0.317 e. The molecule has 0 amide bonds. The summed E-state index contributed by atoms with van der Waals surface area (Å²) in [6.07, 6.45) is 2.78. The van der Waals surface area contributed by atoms with Crippen molar-refractivity contribution in [3.63, 3.8) is 0 Å². The number of likely N-dealkylation sites (tertiary alicyclic amines) is 1. The molecule has 0 aromatic heterocycles. The minimum Gasteiger partial charge on any atom is -0.480 e. The van der Waals surface area contributed by atoms with Crippen molar-refractivity contribution in [1.82, 2.24) is 9.80 Å². The third kappa shape index (κ3) is 4.52. The van der Waals surface area contributed by atoms with E-state index in [1.807, 2.05) is 31.0 Å². The van der Waals surface area contributed by atoms with Crippen molar-refractivity contribution in [2.24, 2.45) is 0 Å². The highest BCUT2D eigenvalue weighted by molar-refractivity contribution is 5.69. The molecule has 1 N–H and O–H groups in total. The molecular weight excluding hydrogens is 310 g/mol. The minimum atomic E-state index is -0.813. The van der Waals surface area contributed by atoms with Crippen LogP contribution < -0.4 is 0 Å². The van der Waals surface area contributed by atoms with Crippen LogP contribution in [-0.2, 0) is 4.79 Å². The molecule has 1 heterocycles. The molecule has 0 spiro atoms. The van der Waals surface area contributed by atoms with Gasteiger partial charge in [0.25, 0.3) is 5.69 Å². The molecule has 1 aromatic rings. The van der Waals surface area contributed by atoms with Gasteiger partial charge < -0.3 is 5.11 Å². The van der Waals surface area contributed by atoms with Crippen molar-refractivity contribution < 1.29 is 14.8 Å². The standard InChI is InChI=1S/C17H25N3O4/c1-13(15-7-3-4-8-16(15)20(23)24)19-10-5-6-14(9-11-19)18(2)12-17(21)22/h3-4,7-8,13-14H,5-6,9-12H2,1-2H3,(H,21,22). The Morgan fingerprint density at radius 1 is 1.42 bits per heavy atom. The maximum absolute atomic E-state index is 11.2. The van der Waals surface area contributed by atoms with Crippen LogP contribution in [0.15, 0.2) is 24.3 Å². The first-order valence-corrected chi connectivity index (χ1v) is 8.29. The lowest BCUT2D eigenvalue weighted by Crippen LogP contribution is -2.36. The van der Waals surface area contributed by atoms with Crippen LogP contribution in [0.1, 0.15) is 37.8 Å². The van der Waals surface area contributed by atoms with Crippen LogP contribution >= 0.6 is 0 Å². The van der Waals surface area contributed by atoms with E-state index in [2.05, 4.69) is 4.90 Å². The average Bonchev–Trinajstić information content (AvgIpc) is 2.79. The van der Waals surface area contributed by atoms with Crippen molar-refractivity contribution >= 4 is 11.7 Å². The number of nitro benzene ring substituents is 1. The summed E-state index contributed by atoms with van der Waals surface area (Å²) in [5.41, 5.74) is 0.897. The van der Waals surface area contributed by atoms with Crippen molar-refractivity contribution in [2.75, 3.05) is 26.7 Å². The highest BCUT2D eigenvalue weighted by Crippen LogP contribution is 2.30. The van der Waals surface area contributed by atoms with E-state index >= 15 is 0 Å². The summed E-state index contributed by atoms with van der Waals surface area (Å²) in [4.78, 5) is 26.0. The molecule has 132 valence electrons. The van der Waals surface area contributed by atoms with E-state index in [4.69, 9.17) is 5.11 Å². The van der Waals surface area contributed by atoms with E-state index in [0.717, 1.165) is 37.9 Å². The van der Waals surface area contributed by atoms with Crippen LogP contribution in [0, 0.1) is 10.1 Å². The average molecular weight is 335 g/mol. The molecule has 0 bridgehead atoms. The van der Waals surface area contributed by atoms with Gasteiger partial charge in [-0.15, -0.1) is 0 Å². The predicted molar refractivity (Wildman–Crippen MR) is 91.0 cm³/mol. The number of hydrogen-bond acceptors (Lipinski definition) is 5. The fraction of sp³-hybridized carbons (Fsp3) is 0.588. The van der Waals surface area contributed by atoms with Crippen molar-refractivity contribution in [1.29, 1.82) is 0 Å². The SMILES string of the molecule is CC(c1ccccc1[N+](=O)[O-])N1CCCC(N(C)CC(=O)O)CC1. The zero-order valence-corrected chi connectivity index (χ0v) is 14.2. The van der Waals surface area contributed by atoms with Crippen LogP contribution in [0.2, 0.25) is 0 Å². The summed E-state index contributed by atoms with van der Waals surface area (Å²) in [6.45, 7) is 3.72. The molecule has 2 atom stereocenters. The summed E-state index contributed by atoms with van der Waals surface area (Å²) < 4.78 is 0. The molecule has 1 aliphatic rings. The summed E-state index contributed by atoms with van der Waals surface area (Å²) in [5.74, 6) is -0.813. The zero-order chi connectivity index (χ0) is 17.7. The van der Waals surface area contributed by atoms with E-state index in [1.165, 1.54) is 0 Å². The first kappa shape index (κ1) is 18.4. The lowest BCUT2D eigenvalue weighted by atomic mass is 10.0. The number of nitro groups is 1. The normalized spacial score (nSPS) is 20.5. The van der Waals surface area contributed by atoms with Crippen LogP contribution in [0.25, 0.3) is 0 Å². The number of carbonyl (C=O) groups is 1. The molecule has 1 fully saturated rings. The van der Waals surface area contributed by atoms with Gasteiger partial charge in [-0.3, -0.25) is 24.7 Å². The number of carboxylic acids is 1. The van der Waals surface area contributed by atoms with Crippen LogP contribution in [-0.4, -0.2) is 58.5 Å². The van der Waals surface area contributed by atoms with Crippen molar-refractivity contribution in [3.05, 3.63) is 39.9 Å². The maximum atomic E-state index is 11.2. The fourth-order valence-electron chi connectivity index (χ4n) is 3.48. The second kappa shape index (κ2) is 8.21. The van der Waals surface area contributed by atoms with E-state index in [1.54, 1.807) is 12.1 Å². The van der Waals surface area contributed by atoms with Crippen LogP contribution in [0.4, 0.5) is 5.69 Å². The van der Waals surface area contributed by atoms with Gasteiger partial charge in [-0.2, -0.15) is 0 Å². The number of aliphatic carboxylic acids is 1. The van der Waals surface area contributed by atoms with Gasteiger partial charge in [0.2, 0.25) is 0 Å². The predicted octanol–water partition coefficient (Wildman–Crippen LogP) is 2.53. The van der Waals surface area contributed by atoms with Gasteiger partial charge in [0.15, 0.2) is 0 Å². The Balaban J connectivity index is 2.06. The van der Waals surface area contributed by atoms with Gasteiger partial charge in [-0.25, -0.2) is 0 Å². The van der Waals surface area contributed by atoms with E-state index < -0.39 is 5.97 Å². The smallest absolute Gasteiger partial charge is 0.317 e. The summed E-state index contributed by atoms with van der Waals surface area (Å²) in [7, 11) is 1.85. The molecule has 1 aromatic carbocycles. The molecule has 1 aliphatic heterocycles. The molecule has 0 saturated carbocycles. The van der Waals surface area contributed by atoms with Crippen LogP contribution in [0.5, 0.6) is 0 Å². The van der Waals surface area contributed by atoms with Gasteiger partial charge in [0.1, 0.15) is 0 Å². The second-order valence-corrected chi connectivity index (χ2v) is 6.42. The largest absolute Gasteiger partial charge is 0.480 e. The molecule has 2 unspecified atom stereocenters. The van der Waals surface area contributed by atoms with Gasteiger partial charge in [-0.05, 0) is 39.8 Å². The van der Waals surface area contributed by atoms with Crippen molar-refractivity contribution in [3.8, 4) is 0 Å². The summed E-state index contributed by atoms with van der Waals surface area (Å²) in [5, 5.41) is 20.2. The Morgan fingerprint density at radius 3 is 2.79 bits per heavy atom. The monoisotopic (exact) mass is 335 g/mol. The number of benzene rings is 1. The van der Waals surface area contributed by atoms with Gasteiger partial charge >= 0.3 is 5.97 Å². The number of carboxylic acid groups (broad SMARTS) is 1. The fourth-order valence-corrected chi connectivity index (χ4v) is 3.48. The first-order chi connectivity index (χ1) is 11.4. The van der Waals surface area contributed by atoms with Gasteiger partial charge in [0.05, 0.1) is 11.5 Å². The Labute approximate surface area is 142 Å². The van der Waals surface area contributed by atoms with Crippen molar-refractivity contribution in [2.45, 2.75) is 38.3 Å². The quantitative estimate of drug-likeness (QED) is 0.635. The Morgan fingerprint density at radius 2 is 2.12 bits per heavy atom. The van der Waals surface area contributed by atoms with Gasteiger partial charge in [-0.1, -0.05) is 18.2 Å². The van der Waals surface area contributed by atoms with E-state index in [-0.39, 0.29) is 29.2 Å². The minimum absolute atomic E-state index is 0.0323.